The lowest BCUT2D eigenvalue weighted by atomic mass is 10.4. The Labute approximate surface area is 86.1 Å². The van der Waals surface area contributed by atoms with Crippen molar-refractivity contribution in [3.05, 3.63) is 16.1 Å². The molecule has 1 heterocycles. The van der Waals surface area contributed by atoms with Crippen LogP contribution in [0.15, 0.2) is 5.38 Å². The van der Waals surface area contributed by atoms with Gasteiger partial charge in [-0.05, 0) is 13.8 Å². The molecule has 0 saturated carbocycles. The summed E-state index contributed by atoms with van der Waals surface area (Å²) in [6, 6.07) is 0. The number of amides is 1. The maximum absolute atomic E-state index is 11.1. The third kappa shape index (κ3) is 3.32. The maximum atomic E-state index is 11.1. The molecule has 0 saturated heterocycles. The summed E-state index contributed by atoms with van der Waals surface area (Å²) in [4.78, 5) is 15.3. The molecular weight excluding hydrogens is 208 g/mol. The van der Waals surface area contributed by atoms with Crippen LogP contribution in [-0.4, -0.2) is 16.3 Å². The van der Waals surface area contributed by atoms with E-state index in [1.807, 2.05) is 12.3 Å². The summed E-state index contributed by atoms with van der Waals surface area (Å²) in [5.74, 6) is -0.160. The highest BCUT2D eigenvalue weighted by Crippen LogP contribution is 2.07. The van der Waals surface area contributed by atoms with E-state index in [1.54, 1.807) is 18.3 Å². The molecule has 0 aromatic carbocycles. The number of nitrogens with zero attached hydrogens (tertiary/aromatic N) is 1. The standard InChI is InChI=1S/C8H11ClN2OS/c1-5(9)8(12)10-3-7-4-13-6(2)11-7/h4-5H,3H2,1-2H3,(H,10,12). The van der Waals surface area contributed by atoms with Crippen molar-refractivity contribution in [1.82, 2.24) is 10.3 Å². The Balaban J connectivity index is 2.39. The molecule has 5 heteroatoms. The van der Waals surface area contributed by atoms with Crippen molar-refractivity contribution in [2.24, 2.45) is 0 Å². The van der Waals surface area contributed by atoms with Crippen LogP contribution in [0, 0.1) is 6.92 Å². The largest absolute Gasteiger partial charge is 0.349 e. The summed E-state index contributed by atoms with van der Waals surface area (Å²) in [6.07, 6.45) is 0. The second-order valence-corrected chi connectivity index (χ2v) is 4.41. The monoisotopic (exact) mass is 218 g/mol. The van der Waals surface area contributed by atoms with Crippen LogP contribution in [0.3, 0.4) is 0 Å². The van der Waals surface area contributed by atoms with Crippen LogP contribution < -0.4 is 5.32 Å². The first kappa shape index (κ1) is 10.5. The highest BCUT2D eigenvalue weighted by atomic mass is 35.5. The minimum Gasteiger partial charge on any atom is -0.349 e. The fourth-order valence-corrected chi connectivity index (χ4v) is 1.50. The molecule has 0 aliphatic heterocycles. The van der Waals surface area contributed by atoms with E-state index in [0.29, 0.717) is 6.54 Å². The number of rotatable bonds is 3. The van der Waals surface area contributed by atoms with E-state index in [0.717, 1.165) is 10.7 Å². The lowest BCUT2D eigenvalue weighted by Gasteiger charge is -2.03. The smallest absolute Gasteiger partial charge is 0.238 e. The molecule has 0 aliphatic rings. The first-order chi connectivity index (χ1) is 6.09. The molecule has 0 fully saturated rings. The first-order valence-corrected chi connectivity index (χ1v) is 5.24. The van der Waals surface area contributed by atoms with Crippen molar-refractivity contribution in [3.8, 4) is 0 Å². The molecule has 1 atom stereocenters. The van der Waals surface area contributed by atoms with Gasteiger partial charge in [-0.15, -0.1) is 22.9 Å². The van der Waals surface area contributed by atoms with Crippen LogP contribution in [0.2, 0.25) is 0 Å². The Kier molecular flexibility index (Phi) is 3.69. The molecule has 0 aliphatic carbocycles. The average Bonchev–Trinajstić information content (AvgIpc) is 2.47. The maximum Gasteiger partial charge on any atom is 0.238 e. The molecule has 1 rings (SSSR count). The van der Waals surface area contributed by atoms with Crippen molar-refractivity contribution in [1.29, 1.82) is 0 Å². The van der Waals surface area contributed by atoms with E-state index in [4.69, 9.17) is 11.6 Å². The number of nitrogens with one attached hydrogen (secondary N) is 1. The zero-order chi connectivity index (χ0) is 9.84. The highest BCUT2D eigenvalue weighted by Gasteiger charge is 2.08. The molecule has 1 unspecified atom stereocenters. The summed E-state index contributed by atoms with van der Waals surface area (Å²) in [5.41, 5.74) is 0.883. The lowest BCUT2D eigenvalue weighted by Crippen LogP contribution is -2.29. The molecule has 0 radical (unpaired) electrons. The number of aromatic nitrogens is 1. The summed E-state index contributed by atoms with van der Waals surface area (Å²) >= 11 is 7.14. The number of alkyl halides is 1. The van der Waals surface area contributed by atoms with Gasteiger partial charge in [0.1, 0.15) is 5.38 Å². The van der Waals surface area contributed by atoms with Crippen LogP contribution in [0.25, 0.3) is 0 Å². The Morgan fingerprint density at radius 3 is 3.00 bits per heavy atom. The van der Waals surface area contributed by atoms with Crippen LogP contribution >= 0.6 is 22.9 Å². The lowest BCUT2D eigenvalue weighted by molar-refractivity contribution is -0.120. The predicted molar refractivity (Wildman–Crippen MR) is 54.0 cm³/mol. The highest BCUT2D eigenvalue weighted by molar-refractivity contribution is 7.09. The molecule has 1 amide bonds. The second-order valence-electron chi connectivity index (χ2n) is 2.69. The van der Waals surface area contributed by atoms with Crippen molar-refractivity contribution in [3.63, 3.8) is 0 Å². The molecule has 13 heavy (non-hydrogen) atoms. The normalized spacial score (nSPS) is 12.5. The summed E-state index contributed by atoms with van der Waals surface area (Å²) < 4.78 is 0. The van der Waals surface area contributed by atoms with Gasteiger partial charge in [0.15, 0.2) is 0 Å². The number of halogens is 1. The fraction of sp³-hybridized carbons (Fsp3) is 0.500. The number of carbonyl (C=O) groups is 1. The molecular formula is C8H11ClN2OS. The van der Waals surface area contributed by atoms with Crippen molar-refractivity contribution in [2.45, 2.75) is 25.8 Å². The minimum atomic E-state index is -0.486. The van der Waals surface area contributed by atoms with Gasteiger partial charge in [-0.2, -0.15) is 0 Å². The van der Waals surface area contributed by atoms with E-state index in [-0.39, 0.29) is 5.91 Å². The van der Waals surface area contributed by atoms with Crippen molar-refractivity contribution < 1.29 is 4.79 Å². The van der Waals surface area contributed by atoms with Gasteiger partial charge in [0.05, 0.1) is 17.2 Å². The average molecular weight is 219 g/mol. The summed E-state index contributed by atoms with van der Waals surface area (Å²) in [6.45, 7) is 4.03. The van der Waals surface area contributed by atoms with Gasteiger partial charge < -0.3 is 5.32 Å². The van der Waals surface area contributed by atoms with E-state index >= 15 is 0 Å². The first-order valence-electron chi connectivity index (χ1n) is 3.92. The Morgan fingerprint density at radius 2 is 2.54 bits per heavy atom. The number of aryl methyl sites for hydroxylation is 1. The topological polar surface area (TPSA) is 42.0 Å². The summed E-state index contributed by atoms with van der Waals surface area (Å²) in [7, 11) is 0. The van der Waals surface area contributed by atoms with E-state index in [2.05, 4.69) is 10.3 Å². The molecule has 0 spiro atoms. The van der Waals surface area contributed by atoms with Gasteiger partial charge in [0, 0.05) is 5.38 Å². The van der Waals surface area contributed by atoms with Gasteiger partial charge in [-0.25, -0.2) is 4.98 Å². The Hall–Kier alpha value is -0.610. The van der Waals surface area contributed by atoms with Crippen LogP contribution in [0.1, 0.15) is 17.6 Å². The number of hydrogen-bond acceptors (Lipinski definition) is 3. The van der Waals surface area contributed by atoms with Gasteiger partial charge in [-0.3, -0.25) is 4.79 Å². The van der Waals surface area contributed by atoms with Gasteiger partial charge in [0.25, 0.3) is 0 Å². The molecule has 3 nitrogen and oxygen atoms in total. The fourth-order valence-electron chi connectivity index (χ4n) is 0.808. The Morgan fingerprint density at radius 1 is 1.85 bits per heavy atom. The van der Waals surface area contributed by atoms with Crippen molar-refractivity contribution >= 4 is 28.8 Å². The molecule has 1 aromatic heterocycles. The van der Waals surface area contributed by atoms with Gasteiger partial charge in [-0.1, -0.05) is 0 Å². The SMILES string of the molecule is Cc1nc(CNC(=O)C(C)Cl)cs1. The number of hydrogen-bond donors (Lipinski definition) is 1. The third-order valence-corrected chi connectivity index (χ3v) is 2.49. The molecule has 1 N–H and O–H groups in total. The molecule has 0 bridgehead atoms. The van der Waals surface area contributed by atoms with Gasteiger partial charge >= 0.3 is 0 Å². The zero-order valence-corrected chi connectivity index (χ0v) is 9.08. The van der Waals surface area contributed by atoms with E-state index in [9.17, 15) is 4.79 Å². The van der Waals surface area contributed by atoms with Gasteiger partial charge in [0.2, 0.25) is 5.91 Å². The van der Waals surface area contributed by atoms with Crippen molar-refractivity contribution in [2.75, 3.05) is 0 Å². The van der Waals surface area contributed by atoms with Crippen LogP contribution in [0.5, 0.6) is 0 Å². The van der Waals surface area contributed by atoms with E-state index < -0.39 is 5.38 Å². The zero-order valence-electron chi connectivity index (χ0n) is 7.50. The minimum absolute atomic E-state index is 0.160. The quantitative estimate of drug-likeness (QED) is 0.785. The number of carbonyl (C=O) groups excluding carboxylic acids is 1. The molecule has 72 valence electrons. The molecule has 1 aromatic rings. The number of thiazole rings is 1. The van der Waals surface area contributed by atoms with Crippen LogP contribution in [-0.2, 0) is 11.3 Å². The second kappa shape index (κ2) is 4.58. The summed E-state index contributed by atoms with van der Waals surface area (Å²) in [5, 5.41) is 5.13. The van der Waals surface area contributed by atoms with E-state index in [1.165, 1.54) is 0 Å². The third-order valence-electron chi connectivity index (χ3n) is 1.47. The predicted octanol–water partition coefficient (Wildman–Crippen LogP) is 1.70. The Bertz CT molecular complexity index is 298. The van der Waals surface area contributed by atoms with Crippen LogP contribution in [0.4, 0.5) is 0 Å².